The van der Waals surface area contributed by atoms with E-state index in [1.165, 1.54) is 12.1 Å². The Morgan fingerprint density at radius 1 is 1.41 bits per heavy atom. The number of hydrogen-bond donors (Lipinski definition) is 2. The Hall–Kier alpha value is -0.930. The fourth-order valence-corrected chi connectivity index (χ4v) is 1.78. The predicted octanol–water partition coefficient (Wildman–Crippen LogP) is 2.36. The van der Waals surface area contributed by atoms with Gasteiger partial charge < -0.3 is 10.4 Å². The molecule has 1 unspecified atom stereocenters. The summed E-state index contributed by atoms with van der Waals surface area (Å²) in [7, 11) is 0. The third kappa shape index (κ3) is 5.80. The van der Waals surface area contributed by atoms with Crippen molar-refractivity contribution in [2.45, 2.75) is 32.8 Å². The number of benzene rings is 1. The topological polar surface area (TPSA) is 32.3 Å². The Balaban J connectivity index is 2.48. The number of hydrogen-bond acceptors (Lipinski definition) is 2. The van der Waals surface area contributed by atoms with Gasteiger partial charge in [0.05, 0.1) is 5.60 Å². The highest BCUT2D eigenvalue weighted by Crippen LogP contribution is 2.13. The lowest BCUT2D eigenvalue weighted by Gasteiger charge is -2.24. The van der Waals surface area contributed by atoms with Crippen molar-refractivity contribution in [3.63, 3.8) is 0 Å². The van der Waals surface area contributed by atoms with E-state index in [-0.39, 0.29) is 5.82 Å². The molecule has 1 atom stereocenters. The summed E-state index contributed by atoms with van der Waals surface area (Å²) in [6, 6.07) is 6.38. The average Bonchev–Trinajstić information content (AvgIpc) is 2.15. The van der Waals surface area contributed by atoms with Crippen molar-refractivity contribution >= 4 is 0 Å². The molecule has 0 aliphatic heterocycles. The van der Waals surface area contributed by atoms with Gasteiger partial charge in [-0.1, -0.05) is 26.0 Å². The van der Waals surface area contributed by atoms with Gasteiger partial charge in [0.25, 0.3) is 0 Å². The van der Waals surface area contributed by atoms with Gasteiger partial charge in [-0.2, -0.15) is 0 Å². The van der Waals surface area contributed by atoms with Gasteiger partial charge in [-0.15, -0.1) is 0 Å². The largest absolute Gasteiger partial charge is 0.389 e. The van der Waals surface area contributed by atoms with Crippen LogP contribution in [0.4, 0.5) is 4.39 Å². The molecular formula is C14H22FNO. The zero-order chi connectivity index (χ0) is 12.9. The van der Waals surface area contributed by atoms with Crippen LogP contribution >= 0.6 is 0 Å². The minimum Gasteiger partial charge on any atom is -0.389 e. The second-order valence-electron chi connectivity index (χ2n) is 5.33. The molecule has 0 fully saturated rings. The molecule has 2 nitrogen and oxygen atoms in total. The predicted molar refractivity (Wildman–Crippen MR) is 68.4 cm³/mol. The van der Waals surface area contributed by atoms with Gasteiger partial charge in [-0.25, -0.2) is 4.39 Å². The third-order valence-electron chi connectivity index (χ3n) is 2.53. The maximum absolute atomic E-state index is 13.0. The summed E-state index contributed by atoms with van der Waals surface area (Å²) in [5, 5.41) is 13.4. The van der Waals surface area contributed by atoms with Crippen LogP contribution in [0.2, 0.25) is 0 Å². The minimum atomic E-state index is -0.845. The Morgan fingerprint density at radius 2 is 2.12 bits per heavy atom. The highest BCUT2D eigenvalue weighted by molar-refractivity contribution is 5.18. The van der Waals surface area contributed by atoms with E-state index in [4.69, 9.17) is 0 Å². The number of rotatable bonds is 6. The van der Waals surface area contributed by atoms with E-state index < -0.39 is 5.60 Å². The fraction of sp³-hybridized carbons (Fsp3) is 0.571. The van der Waals surface area contributed by atoms with Crippen molar-refractivity contribution in [2.24, 2.45) is 5.92 Å². The molecule has 1 aromatic carbocycles. The van der Waals surface area contributed by atoms with Gasteiger partial charge in [0, 0.05) is 13.0 Å². The second kappa shape index (κ2) is 6.12. The van der Waals surface area contributed by atoms with Crippen LogP contribution in [0.1, 0.15) is 26.3 Å². The molecule has 17 heavy (non-hydrogen) atoms. The highest BCUT2D eigenvalue weighted by atomic mass is 19.1. The van der Waals surface area contributed by atoms with E-state index in [1.54, 1.807) is 13.0 Å². The van der Waals surface area contributed by atoms with Gasteiger partial charge >= 0.3 is 0 Å². The standard InChI is InChI=1S/C14H22FNO/c1-11(2)9-16-10-14(3,17)8-12-5-4-6-13(15)7-12/h4-7,11,16-17H,8-10H2,1-3H3. The van der Waals surface area contributed by atoms with Crippen LogP contribution in [0.3, 0.4) is 0 Å². The van der Waals surface area contributed by atoms with Gasteiger partial charge in [-0.05, 0) is 37.1 Å². The molecule has 0 heterocycles. The summed E-state index contributed by atoms with van der Waals surface area (Å²) in [6.07, 6.45) is 0.454. The van der Waals surface area contributed by atoms with Gasteiger partial charge in [0.15, 0.2) is 0 Å². The Morgan fingerprint density at radius 3 is 2.71 bits per heavy atom. The lowest BCUT2D eigenvalue weighted by molar-refractivity contribution is 0.0595. The van der Waals surface area contributed by atoms with Crippen molar-refractivity contribution in [3.05, 3.63) is 35.6 Å². The second-order valence-corrected chi connectivity index (χ2v) is 5.33. The molecule has 0 saturated carbocycles. The number of halogens is 1. The van der Waals surface area contributed by atoms with Gasteiger partial charge in [0.1, 0.15) is 5.82 Å². The summed E-state index contributed by atoms with van der Waals surface area (Å²) < 4.78 is 13.0. The summed E-state index contributed by atoms with van der Waals surface area (Å²) in [5.74, 6) is 0.299. The lowest BCUT2D eigenvalue weighted by Crippen LogP contribution is -2.40. The summed E-state index contributed by atoms with van der Waals surface area (Å²) in [5.41, 5.74) is -0.0239. The fourth-order valence-electron chi connectivity index (χ4n) is 1.78. The highest BCUT2D eigenvalue weighted by Gasteiger charge is 2.20. The Labute approximate surface area is 103 Å². The molecule has 96 valence electrons. The van der Waals surface area contributed by atoms with Crippen molar-refractivity contribution in [2.75, 3.05) is 13.1 Å². The SMILES string of the molecule is CC(C)CNCC(C)(O)Cc1cccc(F)c1. The van der Waals surface area contributed by atoms with Crippen LogP contribution in [0.15, 0.2) is 24.3 Å². The first kappa shape index (κ1) is 14.1. The molecule has 1 aromatic rings. The molecule has 0 amide bonds. The molecule has 2 N–H and O–H groups in total. The van der Waals surface area contributed by atoms with Crippen LogP contribution in [-0.4, -0.2) is 23.8 Å². The Kier molecular flexibility index (Phi) is 5.09. The maximum Gasteiger partial charge on any atom is 0.123 e. The van der Waals surface area contributed by atoms with Crippen molar-refractivity contribution < 1.29 is 9.50 Å². The smallest absolute Gasteiger partial charge is 0.123 e. The minimum absolute atomic E-state index is 0.256. The molecular weight excluding hydrogens is 217 g/mol. The molecule has 0 spiro atoms. The Bertz CT molecular complexity index is 350. The van der Waals surface area contributed by atoms with Crippen molar-refractivity contribution in [1.29, 1.82) is 0 Å². The van der Waals surface area contributed by atoms with E-state index in [1.807, 2.05) is 6.07 Å². The van der Waals surface area contributed by atoms with Crippen LogP contribution < -0.4 is 5.32 Å². The van der Waals surface area contributed by atoms with E-state index in [0.29, 0.717) is 18.9 Å². The first-order valence-corrected chi connectivity index (χ1v) is 6.06. The first-order valence-electron chi connectivity index (χ1n) is 6.06. The van der Waals surface area contributed by atoms with Crippen LogP contribution in [0, 0.1) is 11.7 Å². The average molecular weight is 239 g/mol. The van der Waals surface area contributed by atoms with Crippen molar-refractivity contribution in [1.82, 2.24) is 5.32 Å². The maximum atomic E-state index is 13.0. The first-order chi connectivity index (χ1) is 7.89. The molecule has 0 aliphatic rings. The zero-order valence-corrected chi connectivity index (χ0v) is 10.8. The normalized spacial score (nSPS) is 14.9. The van der Waals surface area contributed by atoms with E-state index in [2.05, 4.69) is 19.2 Å². The summed E-state index contributed by atoms with van der Waals surface area (Å²) in [6.45, 7) is 7.40. The molecule has 0 aromatic heterocycles. The monoisotopic (exact) mass is 239 g/mol. The zero-order valence-electron chi connectivity index (χ0n) is 10.8. The third-order valence-corrected chi connectivity index (χ3v) is 2.53. The quantitative estimate of drug-likeness (QED) is 0.798. The lowest BCUT2D eigenvalue weighted by atomic mass is 9.96. The number of nitrogens with one attached hydrogen (secondary N) is 1. The number of aliphatic hydroxyl groups is 1. The molecule has 0 bridgehead atoms. The molecule has 1 rings (SSSR count). The van der Waals surface area contributed by atoms with Gasteiger partial charge in [0.2, 0.25) is 0 Å². The van der Waals surface area contributed by atoms with Gasteiger partial charge in [-0.3, -0.25) is 0 Å². The van der Waals surface area contributed by atoms with Crippen LogP contribution in [-0.2, 0) is 6.42 Å². The van der Waals surface area contributed by atoms with E-state index in [0.717, 1.165) is 12.1 Å². The van der Waals surface area contributed by atoms with Crippen LogP contribution in [0.5, 0.6) is 0 Å². The van der Waals surface area contributed by atoms with E-state index >= 15 is 0 Å². The molecule has 0 saturated heterocycles. The molecule has 0 aliphatic carbocycles. The molecule has 0 radical (unpaired) electrons. The van der Waals surface area contributed by atoms with E-state index in [9.17, 15) is 9.50 Å². The van der Waals surface area contributed by atoms with Crippen molar-refractivity contribution in [3.8, 4) is 0 Å². The summed E-state index contributed by atoms with van der Waals surface area (Å²) in [4.78, 5) is 0. The molecule has 3 heteroatoms. The summed E-state index contributed by atoms with van der Waals surface area (Å²) >= 11 is 0. The van der Waals surface area contributed by atoms with Crippen LogP contribution in [0.25, 0.3) is 0 Å².